The van der Waals surface area contributed by atoms with E-state index in [0.29, 0.717) is 28.5 Å². The van der Waals surface area contributed by atoms with Gasteiger partial charge in [-0.1, -0.05) is 18.2 Å². The zero-order valence-electron chi connectivity index (χ0n) is 14.1. The molecule has 27 heavy (non-hydrogen) atoms. The highest BCUT2D eigenvalue weighted by atomic mass is 16.6. The molecule has 7 heteroatoms. The van der Waals surface area contributed by atoms with E-state index in [2.05, 4.69) is 19.9 Å². The summed E-state index contributed by atoms with van der Waals surface area (Å²) in [7, 11) is 0. The number of nitro groups is 1. The van der Waals surface area contributed by atoms with Gasteiger partial charge in [-0.05, 0) is 36.4 Å². The quantitative estimate of drug-likeness (QED) is 0.403. The smallest absolute Gasteiger partial charge is 0.258 e. The molecule has 0 saturated heterocycles. The third kappa shape index (κ3) is 3.52. The molecule has 0 saturated carbocycles. The van der Waals surface area contributed by atoms with Crippen LogP contribution in [-0.2, 0) is 0 Å². The zero-order valence-corrected chi connectivity index (χ0v) is 14.1. The number of aromatic nitrogens is 4. The topological polar surface area (TPSA) is 94.7 Å². The van der Waals surface area contributed by atoms with Crippen LogP contribution in [0.5, 0.6) is 0 Å². The molecule has 130 valence electrons. The third-order valence-corrected chi connectivity index (χ3v) is 3.89. The van der Waals surface area contributed by atoms with Gasteiger partial charge < -0.3 is 0 Å². The van der Waals surface area contributed by atoms with Crippen molar-refractivity contribution in [3.63, 3.8) is 0 Å². The Labute approximate surface area is 154 Å². The molecule has 0 spiro atoms. The van der Waals surface area contributed by atoms with Crippen molar-refractivity contribution >= 4 is 5.69 Å². The minimum Gasteiger partial charge on any atom is -0.258 e. The summed E-state index contributed by atoms with van der Waals surface area (Å²) in [5, 5.41) is 11.4. The summed E-state index contributed by atoms with van der Waals surface area (Å²) in [6.07, 6.45) is 3.31. The minimum absolute atomic E-state index is 0.0642. The van der Waals surface area contributed by atoms with Crippen molar-refractivity contribution in [2.45, 2.75) is 0 Å². The molecule has 0 aliphatic heterocycles. The summed E-state index contributed by atoms with van der Waals surface area (Å²) in [5.74, 6) is 0. The fourth-order valence-corrected chi connectivity index (χ4v) is 2.63. The molecule has 4 rings (SSSR count). The normalized spacial score (nSPS) is 10.5. The Morgan fingerprint density at radius 2 is 1.11 bits per heavy atom. The maximum absolute atomic E-state index is 11.4. The van der Waals surface area contributed by atoms with E-state index in [1.807, 2.05) is 36.4 Å². The molecule has 7 nitrogen and oxygen atoms in total. The van der Waals surface area contributed by atoms with E-state index in [4.69, 9.17) is 0 Å². The van der Waals surface area contributed by atoms with Crippen molar-refractivity contribution in [1.82, 2.24) is 19.9 Å². The molecule has 0 unspecified atom stereocenters. The monoisotopic (exact) mass is 355 g/mol. The fourth-order valence-electron chi connectivity index (χ4n) is 2.63. The van der Waals surface area contributed by atoms with Gasteiger partial charge in [-0.3, -0.25) is 20.1 Å². The molecule has 0 N–H and O–H groups in total. The van der Waals surface area contributed by atoms with Gasteiger partial charge in [0, 0.05) is 24.5 Å². The van der Waals surface area contributed by atoms with Crippen molar-refractivity contribution in [3.8, 4) is 34.2 Å². The van der Waals surface area contributed by atoms with Gasteiger partial charge in [-0.15, -0.1) is 0 Å². The van der Waals surface area contributed by atoms with Gasteiger partial charge in [0.1, 0.15) is 0 Å². The number of nitrogens with zero attached hydrogens (tertiary/aromatic N) is 5. The lowest BCUT2D eigenvalue weighted by Gasteiger charge is -2.06. The van der Waals surface area contributed by atoms with Crippen LogP contribution in [0.4, 0.5) is 5.69 Å². The van der Waals surface area contributed by atoms with Gasteiger partial charge in [0.05, 0.1) is 39.1 Å². The number of rotatable bonds is 4. The SMILES string of the molecule is O=[N+]([O-])c1cc(-c2ccccn2)nc(-c2cccc(-c3ccccn3)n2)c1. The molecule has 0 fully saturated rings. The molecule has 0 amide bonds. The fraction of sp³-hybridized carbons (Fsp3) is 0. The van der Waals surface area contributed by atoms with Crippen LogP contribution in [0.15, 0.2) is 79.1 Å². The lowest BCUT2D eigenvalue weighted by molar-refractivity contribution is -0.384. The molecule has 0 aromatic carbocycles. The predicted molar refractivity (Wildman–Crippen MR) is 101 cm³/mol. The molecule has 0 aliphatic rings. The number of pyridine rings is 4. The predicted octanol–water partition coefficient (Wildman–Crippen LogP) is 4.18. The first-order valence-electron chi connectivity index (χ1n) is 8.17. The Balaban J connectivity index is 1.84. The zero-order chi connectivity index (χ0) is 18.6. The van der Waals surface area contributed by atoms with Crippen molar-refractivity contribution in [2.24, 2.45) is 0 Å². The molecule has 0 radical (unpaired) electrons. The summed E-state index contributed by atoms with van der Waals surface area (Å²) in [6.45, 7) is 0. The van der Waals surface area contributed by atoms with Gasteiger partial charge >= 0.3 is 0 Å². The minimum atomic E-state index is -0.444. The highest BCUT2D eigenvalue weighted by Crippen LogP contribution is 2.27. The summed E-state index contributed by atoms with van der Waals surface area (Å²) in [4.78, 5) is 28.6. The maximum atomic E-state index is 11.4. The van der Waals surface area contributed by atoms with E-state index in [0.717, 1.165) is 5.69 Å². The second-order valence-electron chi connectivity index (χ2n) is 5.69. The molecule has 0 atom stereocenters. The molecule has 0 bridgehead atoms. The molecule has 4 aromatic heterocycles. The largest absolute Gasteiger partial charge is 0.273 e. The first-order chi connectivity index (χ1) is 13.2. The van der Waals surface area contributed by atoms with Crippen molar-refractivity contribution < 1.29 is 4.92 Å². The Morgan fingerprint density at radius 3 is 1.67 bits per heavy atom. The highest BCUT2D eigenvalue weighted by molar-refractivity contribution is 5.68. The lowest BCUT2D eigenvalue weighted by Crippen LogP contribution is -1.97. The first-order valence-corrected chi connectivity index (χ1v) is 8.17. The number of hydrogen-bond donors (Lipinski definition) is 0. The van der Waals surface area contributed by atoms with Crippen LogP contribution >= 0.6 is 0 Å². The van der Waals surface area contributed by atoms with E-state index < -0.39 is 4.92 Å². The molecule has 0 aliphatic carbocycles. The second kappa shape index (κ2) is 7.09. The van der Waals surface area contributed by atoms with Gasteiger partial charge in [0.2, 0.25) is 0 Å². The average molecular weight is 355 g/mol. The van der Waals surface area contributed by atoms with E-state index >= 15 is 0 Å². The van der Waals surface area contributed by atoms with Crippen LogP contribution in [0.3, 0.4) is 0 Å². The third-order valence-electron chi connectivity index (χ3n) is 3.89. The molecule has 4 heterocycles. The lowest BCUT2D eigenvalue weighted by atomic mass is 10.1. The van der Waals surface area contributed by atoms with E-state index in [1.165, 1.54) is 12.1 Å². The molecule has 4 aromatic rings. The van der Waals surface area contributed by atoms with Gasteiger partial charge in [-0.2, -0.15) is 0 Å². The van der Waals surface area contributed by atoms with Crippen LogP contribution in [0, 0.1) is 10.1 Å². The van der Waals surface area contributed by atoms with Crippen LogP contribution in [0.25, 0.3) is 34.2 Å². The maximum Gasteiger partial charge on any atom is 0.273 e. The standard InChI is InChI=1S/C20H13N5O2/c26-25(27)14-12-19(16-7-2-4-11-22-16)24-20(13-14)18-9-5-8-17(23-18)15-6-1-3-10-21-15/h1-13H. The summed E-state index contributed by atoms with van der Waals surface area (Å²) < 4.78 is 0. The van der Waals surface area contributed by atoms with Crippen molar-refractivity contribution in [3.05, 3.63) is 89.2 Å². The van der Waals surface area contributed by atoms with Gasteiger partial charge in [-0.25, -0.2) is 9.97 Å². The van der Waals surface area contributed by atoms with Gasteiger partial charge in [0.15, 0.2) is 0 Å². The molecular weight excluding hydrogens is 342 g/mol. The van der Waals surface area contributed by atoms with Crippen LogP contribution in [0.1, 0.15) is 0 Å². The first kappa shape index (κ1) is 16.5. The van der Waals surface area contributed by atoms with E-state index in [1.54, 1.807) is 30.6 Å². The summed E-state index contributed by atoms with van der Waals surface area (Å²) >= 11 is 0. The second-order valence-corrected chi connectivity index (χ2v) is 5.69. The van der Waals surface area contributed by atoms with E-state index in [9.17, 15) is 10.1 Å². The summed E-state index contributed by atoms with van der Waals surface area (Å²) in [6, 6.07) is 19.2. The van der Waals surface area contributed by atoms with Crippen molar-refractivity contribution in [1.29, 1.82) is 0 Å². The molecular formula is C20H13N5O2. The van der Waals surface area contributed by atoms with Crippen LogP contribution in [0.2, 0.25) is 0 Å². The van der Waals surface area contributed by atoms with Crippen LogP contribution in [-0.4, -0.2) is 24.9 Å². The van der Waals surface area contributed by atoms with Crippen molar-refractivity contribution in [2.75, 3.05) is 0 Å². The summed E-state index contributed by atoms with van der Waals surface area (Å²) in [5.41, 5.74) is 3.23. The Hall–Kier alpha value is -4.00. The number of hydrogen-bond acceptors (Lipinski definition) is 6. The Morgan fingerprint density at radius 1 is 0.630 bits per heavy atom. The average Bonchev–Trinajstić information content (AvgIpc) is 2.75. The van der Waals surface area contributed by atoms with E-state index in [-0.39, 0.29) is 5.69 Å². The highest BCUT2D eigenvalue weighted by Gasteiger charge is 2.15. The van der Waals surface area contributed by atoms with Gasteiger partial charge in [0.25, 0.3) is 5.69 Å². The Kier molecular flexibility index (Phi) is 4.32. The van der Waals surface area contributed by atoms with Crippen LogP contribution < -0.4 is 0 Å². The Bertz CT molecular complexity index is 1100.